The summed E-state index contributed by atoms with van der Waals surface area (Å²) >= 11 is 0. The molecule has 3 fully saturated rings. The Balaban J connectivity index is 1.76. The molecule has 2 heterocycles. The van der Waals surface area contributed by atoms with Gasteiger partial charge < -0.3 is 63.8 Å². The third kappa shape index (κ3) is 16.0. The van der Waals surface area contributed by atoms with Crippen LogP contribution in [0.25, 0.3) is 0 Å². The summed E-state index contributed by atoms with van der Waals surface area (Å²) in [6, 6.07) is -2.33. The first-order chi connectivity index (χ1) is 32.3. The molecule has 3 aliphatic rings. The molecule has 1 saturated carbocycles. The van der Waals surface area contributed by atoms with Crippen molar-refractivity contribution in [2.75, 3.05) is 26.0 Å². The third-order valence-corrected chi connectivity index (χ3v) is 16.0. The van der Waals surface area contributed by atoms with Crippen LogP contribution in [0.2, 0.25) is 0 Å². The number of ether oxygens (including phenoxy) is 1. The van der Waals surface area contributed by atoms with Crippen LogP contribution in [0.1, 0.15) is 103 Å². The molecule has 0 aromatic heterocycles. The summed E-state index contributed by atoms with van der Waals surface area (Å²) in [5.41, 5.74) is 17.4. The van der Waals surface area contributed by atoms with E-state index >= 15 is 0 Å². The zero-order valence-corrected chi connectivity index (χ0v) is 41.0. The Bertz CT molecular complexity index is 1950. The van der Waals surface area contributed by atoms with Gasteiger partial charge in [-0.1, -0.05) is 73.3 Å². The van der Waals surface area contributed by atoms with Crippen LogP contribution >= 0.6 is 21.6 Å². The Morgan fingerprint density at radius 2 is 1.53 bits per heavy atom. The summed E-state index contributed by atoms with van der Waals surface area (Å²) in [5, 5.41) is 26.8. The van der Waals surface area contributed by atoms with Crippen molar-refractivity contribution in [2.24, 2.45) is 23.1 Å². The Kier molecular flexibility index (Phi) is 21.7. The molecule has 23 heteroatoms. The Morgan fingerprint density at radius 3 is 2.13 bits per heavy atom. The molecule has 2 saturated heterocycles. The molecule has 378 valence electrons. The van der Waals surface area contributed by atoms with Gasteiger partial charge in [0.2, 0.25) is 53.2 Å². The second-order valence-electron chi connectivity index (χ2n) is 17.9. The lowest BCUT2D eigenvalue weighted by molar-refractivity contribution is -0.142. The fourth-order valence-electron chi connectivity index (χ4n) is 8.56. The van der Waals surface area contributed by atoms with Gasteiger partial charge in [0, 0.05) is 29.9 Å². The summed E-state index contributed by atoms with van der Waals surface area (Å²) in [6.45, 7) is 5.10. The van der Waals surface area contributed by atoms with Crippen molar-refractivity contribution in [2.45, 2.75) is 157 Å². The number of primary amides is 2. The Hall–Kier alpha value is -5.13. The van der Waals surface area contributed by atoms with E-state index in [1.165, 1.54) is 40.5 Å². The summed E-state index contributed by atoms with van der Waals surface area (Å²) in [6.07, 6.45) is 3.11. The fraction of sp³-hybridized carbons (Fsp3) is 0.667. The average Bonchev–Trinajstić information content (AvgIpc) is 3.80. The van der Waals surface area contributed by atoms with Gasteiger partial charge in [-0.05, 0) is 75.6 Å². The van der Waals surface area contributed by atoms with E-state index in [9.17, 15) is 48.3 Å². The number of hydrogen-bond acceptors (Lipinski definition) is 14. The first-order valence-corrected chi connectivity index (χ1v) is 25.6. The van der Waals surface area contributed by atoms with Gasteiger partial charge >= 0.3 is 0 Å². The van der Waals surface area contributed by atoms with Crippen molar-refractivity contribution < 1.29 is 53.0 Å². The molecule has 0 radical (unpaired) electrons. The molecular formula is C45H70N10O11S2. The third-order valence-electron chi connectivity index (χ3n) is 12.7. The monoisotopic (exact) mass is 990 g/mol. The lowest BCUT2D eigenvalue weighted by Gasteiger charge is -2.37. The van der Waals surface area contributed by atoms with Gasteiger partial charge in [-0.2, -0.15) is 0 Å². The number of nitrogens with one attached hydrogen (secondary N) is 6. The SMILES string of the molecule is CC[C@H](C)[C@H]1NC(=O)[C@@H](Cc2ccc(OC)cc2)NC(=O)CC2(CCCCC2)SSC[C@H](C(=O)N2CCC[C@H]2C(=O)N[C@@H](CCCN)C(N)=O)NC(=O)[C@@H](CC(N)=O)NC(=O)[C@H]([C@H](C)O)NC1=O. The van der Waals surface area contributed by atoms with Gasteiger partial charge in [-0.3, -0.25) is 43.2 Å². The van der Waals surface area contributed by atoms with E-state index in [-0.39, 0.29) is 44.5 Å². The highest BCUT2D eigenvalue weighted by Crippen LogP contribution is 2.48. The Morgan fingerprint density at radius 1 is 0.882 bits per heavy atom. The van der Waals surface area contributed by atoms with Crippen molar-refractivity contribution >= 4 is 74.8 Å². The number of rotatable bonds is 15. The van der Waals surface area contributed by atoms with E-state index in [4.69, 9.17) is 21.9 Å². The summed E-state index contributed by atoms with van der Waals surface area (Å²) in [5.74, 6) is -7.12. The molecule has 1 aromatic carbocycles. The second-order valence-corrected chi connectivity index (χ2v) is 20.7. The first kappa shape index (κ1) is 55.5. The molecular weight excluding hydrogens is 921 g/mol. The average molecular weight is 991 g/mol. The molecule has 21 nitrogen and oxygen atoms in total. The van der Waals surface area contributed by atoms with Gasteiger partial charge in [0.1, 0.15) is 48.0 Å². The van der Waals surface area contributed by atoms with E-state index in [1.807, 2.05) is 0 Å². The van der Waals surface area contributed by atoms with Crippen molar-refractivity contribution in [1.82, 2.24) is 36.8 Å². The van der Waals surface area contributed by atoms with E-state index < -0.39 is 119 Å². The highest BCUT2D eigenvalue weighted by atomic mass is 33.1. The minimum atomic E-state index is -1.72. The predicted octanol–water partition coefficient (Wildman–Crippen LogP) is -0.848. The Labute approximate surface area is 405 Å². The van der Waals surface area contributed by atoms with E-state index in [0.29, 0.717) is 43.4 Å². The fourth-order valence-corrected chi connectivity index (χ4v) is 11.9. The van der Waals surface area contributed by atoms with Gasteiger partial charge in [0.15, 0.2) is 0 Å². The number of amides is 9. The molecule has 9 amide bonds. The van der Waals surface area contributed by atoms with Crippen molar-refractivity contribution in [3.8, 4) is 5.75 Å². The maximum Gasteiger partial charge on any atom is 0.246 e. The highest BCUT2D eigenvalue weighted by Gasteiger charge is 2.42. The summed E-state index contributed by atoms with van der Waals surface area (Å²) in [7, 11) is 4.12. The number of aliphatic hydroxyl groups excluding tert-OH is 1. The highest BCUT2D eigenvalue weighted by molar-refractivity contribution is 8.77. The number of likely N-dealkylation sites (tertiary alicyclic amines) is 1. The van der Waals surface area contributed by atoms with Crippen LogP contribution in [0.4, 0.5) is 0 Å². The van der Waals surface area contributed by atoms with Gasteiger partial charge in [-0.25, -0.2) is 0 Å². The van der Waals surface area contributed by atoms with Crippen molar-refractivity contribution in [3.05, 3.63) is 29.8 Å². The number of carbonyl (C=O) groups excluding carboxylic acids is 9. The molecule has 9 atom stereocenters. The van der Waals surface area contributed by atoms with Crippen molar-refractivity contribution in [3.63, 3.8) is 0 Å². The van der Waals surface area contributed by atoms with Crippen LogP contribution in [0.5, 0.6) is 5.75 Å². The van der Waals surface area contributed by atoms with Crippen LogP contribution in [0, 0.1) is 5.92 Å². The summed E-state index contributed by atoms with van der Waals surface area (Å²) < 4.78 is 4.63. The van der Waals surface area contributed by atoms with Crippen LogP contribution in [0.3, 0.4) is 0 Å². The molecule has 4 rings (SSSR count). The van der Waals surface area contributed by atoms with Crippen molar-refractivity contribution in [1.29, 1.82) is 0 Å². The van der Waals surface area contributed by atoms with Crippen LogP contribution in [-0.2, 0) is 49.6 Å². The number of methoxy groups -OCH3 is 1. The number of aliphatic hydroxyl groups is 1. The van der Waals surface area contributed by atoms with Crippen LogP contribution in [0.15, 0.2) is 24.3 Å². The number of nitrogens with zero attached hydrogens (tertiary/aromatic N) is 1. The van der Waals surface area contributed by atoms with E-state index in [2.05, 4.69) is 31.9 Å². The molecule has 1 aliphatic carbocycles. The number of nitrogens with two attached hydrogens (primary N) is 3. The first-order valence-electron chi connectivity index (χ1n) is 23.3. The normalized spacial score (nSPS) is 25.9. The van der Waals surface area contributed by atoms with Crippen LogP contribution < -0.4 is 53.8 Å². The maximum atomic E-state index is 14.6. The molecule has 13 N–H and O–H groups in total. The summed E-state index contributed by atoms with van der Waals surface area (Å²) in [4.78, 5) is 125. The standard InChI is InChI=1S/C45H70N10O11S2/c1-5-25(2)36-42(63)54-37(26(3)56)43(64)51-31(22-34(47)57)39(60)52-32(44(65)55-20-10-12-33(55)41(62)50-29(38(48)59)11-9-19-46)24-67-68-45(17-7-6-8-18-45)23-35(58)49-30(40(61)53-36)21-27-13-15-28(66-4)16-14-27/h13-16,25-26,29-33,36-37,56H,5-12,17-24,46H2,1-4H3,(H2,47,57)(H2,48,59)(H,49,58)(H,50,62)(H,51,64)(H,52,60)(H,53,61)(H,54,63)/t25-,26-,29-,30+,31+,32+,33-,36+,37-/m0/s1. The zero-order chi connectivity index (χ0) is 50.1. The van der Waals surface area contributed by atoms with Gasteiger partial charge in [0.25, 0.3) is 0 Å². The number of benzene rings is 1. The molecule has 2 aliphatic heterocycles. The minimum absolute atomic E-state index is 0.0142. The smallest absolute Gasteiger partial charge is 0.246 e. The van der Waals surface area contributed by atoms with E-state index in [0.717, 1.165) is 19.3 Å². The van der Waals surface area contributed by atoms with Gasteiger partial charge in [0.05, 0.1) is 19.6 Å². The minimum Gasteiger partial charge on any atom is -0.497 e. The molecule has 1 spiro atoms. The number of carbonyl (C=O) groups is 9. The predicted molar refractivity (Wildman–Crippen MR) is 256 cm³/mol. The number of hydrogen-bond donors (Lipinski definition) is 10. The van der Waals surface area contributed by atoms with Crippen LogP contribution in [-0.4, -0.2) is 142 Å². The van der Waals surface area contributed by atoms with E-state index in [1.54, 1.807) is 38.1 Å². The van der Waals surface area contributed by atoms with Gasteiger partial charge in [-0.15, -0.1) is 0 Å². The topological polar surface area (TPSA) is 337 Å². The lowest BCUT2D eigenvalue weighted by atomic mass is 9.85. The molecule has 1 aromatic rings. The zero-order valence-electron chi connectivity index (χ0n) is 39.3. The quantitative estimate of drug-likeness (QED) is 0.0958. The largest absolute Gasteiger partial charge is 0.497 e. The molecule has 0 bridgehead atoms. The second kappa shape index (κ2) is 26.6. The molecule has 0 unspecified atom stereocenters. The lowest BCUT2D eigenvalue weighted by Crippen LogP contribution is -2.63. The maximum absolute atomic E-state index is 14.6. The molecule has 68 heavy (non-hydrogen) atoms.